The van der Waals surface area contributed by atoms with Crippen LogP contribution in [0.2, 0.25) is 0 Å². The summed E-state index contributed by atoms with van der Waals surface area (Å²) in [6.45, 7) is 0.626. The van der Waals surface area contributed by atoms with E-state index in [-0.39, 0.29) is 5.91 Å². The summed E-state index contributed by atoms with van der Waals surface area (Å²) in [5.41, 5.74) is 1.58. The Kier molecular flexibility index (Phi) is 1.65. The van der Waals surface area contributed by atoms with E-state index in [0.717, 1.165) is 10.2 Å². The van der Waals surface area contributed by atoms with Crippen molar-refractivity contribution in [3.05, 3.63) is 28.0 Å². The first-order valence-electron chi connectivity index (χ1n) is 3.58. The summed E-state index contributed by atoms with van der Waals surface area (Å²) in [7, 11) is 1.78. The van der Waals surface area contributed by atoms with Crippen molar-refractivity contribution >= 4 is 21.8 Å². The number of rotatable bonds is 0. The number of hydrogen-bond acceptors (Lipinski definition) is 2. The molecule has 0 aliphatic carbocycles. The molecule has 2 heterocycles. The molecule has 1 aliphatic rings. The Morgan fingerprint density at radius 1 is 1.67 bits per heavy atom. The number of carbonyl (C=O) groups is 1. The molecule has 12 heavy (non-hydrogen) atoms. The maximum absolute atomic E-state index is 11.4. The first-order chi connectivity index (χ1) is 5.68. The van der Waals surface area contributed by atoms with Crippen LogP contribution in [0.3, 0.4) is 0 Å². The Bertz CT molecular complexity index is 351. The molecule has 0 atom stereocenters. The van der Waals surface area contributed by atoms with E-state index >= 15 is 0 Å². The Hall–Kier alpha value is -0.900. The zero-order chi connectivity index (χ0) is 8.72. The fourth-order valence-electron chi connectivity index (χ4n) is 1.28. The van der Waals surface area contributed by atoms with Gasteiger partial charge in [0.2, 0.25) is 0 Å². The lowest BCUT2D eigenvalue weighted by Gasteiger charge is -2.03. The molecule has 0 bridgehead atoms. The average molecular weight is 227 g/mol. The maximum Gasteiger partial charge on any atom is 0.255 e. The van der Waals surface area contributed by atoms with Gasteiger partial charge in [0.25, 0.3) is 5.91 Å². The number of aromatic nitrogens is 1. The smallest absolute Gasteiger partial charge is 0.255 e. The molecule has 1 aliphatic heterocycles. The van der Waals surface area contributed by atoms with Gasteiger partial charge in [0, 0.05) is 17.7 Å². The maximum atomic E-state index is 11.4. The molecule has 1 amide bonds. The van der Waals surface area contributed by atoms with Gasteiger partial charge in [0.15, 0.2) is 0 Å². The van der Waals surface area contributed by atoms with Crippen molar-refractivity contribution < 1.29 is 4.79 Å². The van der Waals surface area contributed by atoms with E-state index < -0.39 is 0 Å². The van der Waals surface area contributed by atoms with Gasteiger partial charge in [-0.2, -0.15) is 0 Å². The fraction of sp³-hybridized carbons (Fsp3) is 0.250. The minimum absolute atomic E-state index is 0.0544. The zero-order valence-corrected chi connectivity index (χ0v) is 8.13. The van der Waals surface area contributed by atoms with E-state index in [2.05, 4.69) is 20.9 Å². The quantitative estimate of drug-likeness (QED) is 0.671. The summed E-state index contributed by atoms with van der Waals surface area (Å²) < 4.78 is 0.852. The molecule has 1 aromatic heterocycles. The van der Waals surface area contributed by atoms with Crippen LogP contribution in [0.5, 0.6) is 0 Å². The summed E-state index contributed by atoms with van der Waals surface area (Å²) in [5.74, 6) is 0.0544. The van der Waals surface area contributed by atoms with Crippen LogP contribution < -0.4 is 0 Å². The summed E-state index contributed by atoms with van der Waals surface area (Å²) in [5, 5.41) is 0. The molecular formula is C8H7BrN2O. The molecule has 0 N–H and O–H groups in total. The Balaban J connectivity index is 2.56. The molecular weight excluding hydrogens is 220 g/mol. The predicted octanol–water partition coefficient (Wildman–Crippen LogP) is 1.43. The third-order valence-electron chi connectivity index (χ3n) is 1.90. The number of amides is 1. The number of carbonyl (C=O) groups excluding carboxylic acids is 1. The highest BCUT2D eigenvalue weighted by atomic mass is 79.9. The van der Waals surface area contributed by atoms with Crippen molar-refractivity contribution in [3.8, 4) is 0 Å². The second-order valence-electron chi connectivity index (χ2n) is 2.81. The fourth-order valence-corrected chi connectivity index (χ4v) is 1.61. The minimum atomic E-state index is 0.0544. The van der Waals surface area contributed by atoms with E-state index in [1.807, 2.05) is 6.07 Å². The second-order valence-corrected chi connectivity index (χ2v) is 3.72. The molecule has 62 valence electrons. The van der Waals surface area contributed by atoms with Crippen LogP contribution in [0.15, 0.2) is 16.7 Å². The molecule has 4 heteroatoms. The molecule has 0 unspecified atom stereocenters. The van der Waals surface area contributed by atoms with Gasteiger partial charge in [-0.05, 0) is 22.0 Å². The first kappa shape index (κ1) is 7.73. The lowest BCUT2D eigenvalue weighted by molar-refractivity contribution is 0.0816. The minimum Gasteiger partial charge on any atom is -0.336 e. The van der Waals surface area contributed by atoms with Crippen LogP contribution in [-0.2, 0) is 6.54 Å². The number of fused-ring (bicyclic) bond motifs is 1. The van der Waals surface area contributed by atoms with Crippen LogP contribution in [0.25, 0.3) is 0 Å². The van der Waals surface area contributed by atoms with E-state index in [1.54, 1.807) is 18.1 Å². The number of nitrogens with zero attached hydrogens (tertiary/aromatic N) is 2. The van der Waals surface area contributed by atoms with E-state index in [0.29, 0.717) is 12.1 Å². The van der Waals surface area contributed by atoms with Gasteiger partial charge in [-0.3, -0.25) is 9.78 Å². The molecule has 1 aromatic rings. The van der Waals surface area contributed by atoms with Crippen LogP contribution in [0.1, 0.15) is 16.1 Å². The summed E-state index contributed by atoms with van der Waals surface area (Å²) in [4.78, 5) is 17.2. The molecule has 0 spiro atoms. The van der Waals surface area contributed by atoms with Crippen molar-refractivity contribution in [2.24, 2.45) is 0 Å². The first-order valence-corrected chi connectivity index (χ1v) is 4.37. The molecule has 0 radical (unpaired) electrons. The highest BCUT2D eigenvalue weighted by Crippen LogP contribution is 2.22. The number of pyridine rings is 1. The van der Waals surface area contributed by atoms with E-state index in [4.69, 9.17) is 0 Å². The van der Waals surface area contributed by atoms with Crippen LogP contribution >= 0.6 is 15.9 Å². The van der Waals surface area contributed by atoms with Crippen molar-refractivity contribution in [1.29, 1.82) is 0 Å². The Labute approximate surface area is 78.5 Å². The lowest BCUT2D eigenvalue weighted by atomic mass is 10.2. The van der Waals surface area contributed by atoms with Crippen molar-refractivity contribution in [2.45, 2.75) is 6.54 Å². The van der Waals surface area contributed by atoms with Crippen molar-refractivity contribution in [2.75, 3.05) is 7.05 Å². The molecule has 3 nitrogen and oxygen atoms in total. The third-order valence-corrected chi connectivity index (χ3v) is 2.33. The highest BCUT2D eigenvalue weighted by Gasteiger charge is 2.25. The van der Waals surface area contributed by atoms with Gasteiger partial charge >= 0.3 is 0 Å². The Morgan fingerprint density at radius 2 is 2.42 bits per heavy atom. The molecule has 0 saturated heterocycles. The monoisotopic (exact) mass is 226 g/mol. The van der Waals surface area contributed by atoms with Crippen LogP contribution in [0.4, 0.5) is 0 Å². The zero-order valence-electron chi connectivity index (χ0n) is 6.54. The van der Waals surface area contributed by atoms with Gasteiger partial charge in [-0.15, -0.1) is 0 Å². The van der Waals surface area contributed by atoms with Crippen LogP contribution in [-0.4, -0.2) is 22.8 Å². The standard InChI is InChI=1S/C8H7BrN2O/c1-11-4-7-6(8(11)12)2-5(9)3-10-7/h2-3H,4H2,1H3. The normalized spacial score (nSPS) is 15.2. The SMILES string of the molecule is CN1Cc2ncc(Br)cc2C1=O. The van der Waals surface area contributed by atoms with E-state index in [1.165, 1.54) is 0 Å². The van der Waals surface area contributed by atoms with Gasteiger partial charge < -0.3 is 4.90 Å². The Morgan fingerprint density at radius 3 is 3.17 bits per heavy atom. The second kappa shape index (κ2) is 2.55. The predicted molar refractivity (Wildman–Crippen MR) is 47.7 cm³/mol. The van der Waals surface area contributed by atoms with Gasteiger partial charge in [0.1, 0.15) is 0 Å². The summed E-state index contributed by atoms with van der Waals surface area (Å²) >= 11 is 3.28. The molecule has 2 rings (SSSR count). The third kappa shape index (κ3) is 1.03. The summed E-state index contributed by atoms with van der Waals surface area (Å²) in [6.07, 6.45) is 1.71. The molecule has 0 fully saturated rings. The number of hydrogen-bond donors (Lipinski definition) is 0. The van der Waals surface area contributed by atoms with E-state index in [9.17, 15) is 4.79 Å². The lowest BCUT2D eigenvalue weighted by Crippen LogP contribution is -2.17. The van der Waals surface area contributed by atoms with Crippen LogP contribution in [0, 0.1) is 0 Å². The largest absolute Gasteiger partial charge is 0.336 e. The molecule has 0 saturated carbocycles. The van der Waals surface area contributed by atoms with Crippen molar-refractivity contribution in [3.63, 3.8) is 0 Å². The average Bonchev–Trinajstić information content (AvgIpc) is 2.31. The van der Waals surface area contributed by atoms with Gasteiger partial charge in [0.05, 0.1) is 17.8 Å². The van der Waals surface area contributed by atoms with Gasteiger partial charge in [-0.25, -0.2) is 0 Å². The molecule has 0 aromatic carbocycles. The number of halogens is 1. The van der Waals surface area contributed by atoms with Crippen molar-refractivity contribution in [1.82, 2.24) is 9.88 Å². The highest BCUT2D eigenvalue weighted by molar-refractivity contribution is 9.10. The summed E-state index contributed by atoms with van der Waals surface area (Å²) in [6, 6.07) is 1.81. The topological polar surface area (TPSA) is 33.2 Å². The van der Waals surface area contributed by atoms with Gasteiger partial charge in [-0.1, -0.05) is 0 Å².